The average Bonchev–Trinajstić information content (AvgIpc) is 2.45. The summed E-state index contributed by atoms with van der Waals surface area (Å²) in [6.45, 7) is 0.575. The number of carbonyl (C=O) groups is 2. The molecule has 2 rings (SSSR count). The van der Waals surface area contributed by atoms with E-state index in [1.165, 1.54) is 0 Å². The zero-order valence-corrected chi connectivity index (χ0v) is 11.5. The number of hydrogen-bond acceptors (Lipinski definition) is 3. The first-order valence-corrected chi connectivity index (χ1v) is 6.66. The minimum atomic E-state index is -0.410. The Bertz CT molecular complexity index is 493. The first-order chi connectivity index (χ1) is 9.13. The largest absolute Gasteiger partial charge is 0.357 e. The van der Waals surface area contributed by atoms with Crippen molar-refractivity contribution in [3.63, 3.8) is 0 Å². The number of carbonyl (C=O) groups excluding carboxylic acids is 2. The molecule has 1 aromatic heterocycles. The van der Waals surface area contributed by atoms with Crippen LogP contribution >= 0.6 is 11.6 Å². The lowest BCUT2D eigenvalue weighted by Crippen LogP contribution is -2.51. The Hall–Kier alpha value is -1.62. The Morgan fingerprint density at radius 2 is 2.21 bits per heavy atom. The van der Waals surface area contributed by atoms with Crippen LogP contribution in [0.4, 0.5) is 0 Å². The van der Waals surface area contributed by atoms with E-state index < -0.39 is 6.04 Å². The lowest BCUT2D eigenvalue weighted by atomic mass is 10.0. The monoisotopic (exact) mass is 281 g/mol. The lowest BCUT2D eigenvalue weighted by Gasteiger charge is -2.34. The van der Waals surface area contributed by atoms with E-state index in [0.29, 0.717) is 13.0 Å². The van der Waals surface area contributed by atoms with E-state index in [9.17, 15) is 9.59 Å². The zero-order chi connectivity index (χ0) is 13.8. The lowest BCUT2D eigenvalue weighted by molar-refractivity contribution is -0.126. The van der Waals surface area contributed by atoms with Crippen molar-refractivity contribution in [2.45, 2.75) is 25.3 Å². The van der Waals surface area contributed by atoms with Crippen molar-refractivity contribution in [3.05, 3.63) is 29.0 Å². The van der Waals surface area contributed by atoms with Gasteiger partial charge in [-0.2, -0.15) is 0 Å². The van der Waals surface area contributed by atoms with Crippen molar-refractivity contribution in [3.8, 4) is 0 Å². The number of halogens is 1. The average molecular weight is 282 g/mol. The van der Waals surface area contributed by atoms with Gasteiger partial charge in [0.2, 0.25) is 5.91 Å². The summed E-state index contributed by atoms with van der Waals surface area (Å²) >= 11 is 5.79. The van der Waals surface area contributed by atoms with E-state index >= 15 is 0 Å². The highest BCUT2D eigenvalue weighted by molar-refractivity contribution is 6.29. The van der Waals surface area contributed by atoms with Crippen LogP contribution in [0.1, 0.15) is 29.8 Å². The molecule has 0 spiro atoms. The van der Waals surface area contributed by atoms with Crippen molar-refractivity contribution in [2.24, 2.45) is 0 Å². The fourth-order valence-corrected chi connectivity index (χ4v) is 2.45. The van der Waals surface area contributed by atoms with Crippen LogP contribution in [0, 0.1) is 0 Å². The third-order valence-corrected chi connectivity index (χ3v) is 3.46. The highest BCUT2D eigenvalue weighted by Crippen LogP contribution is 2.19. The molecule has 0 saturated carbocycles. The smallest absolute Gasteiger partial charge is 0.273 e. The Kier molecular flexibility index (Phi) is 4.37. The molecule has 102 valence electrons. The van der Waals surface area contributed by atoms with E-state index in [2.05, 4.69) is 10.3 Å². The molecule has 5 nitrogen and oxygen atoms in total. The maximum Gasteiger partial charge on any atom is 0.273 e. The molecule has 1 atom stereocenters. The second-order valence-corrected chi connectivity index (χ2v) is 4.86. The van der Waals surface area contributed by atoms with Crippen LogP contribution in [0.25, 0.3) is 0 Å². The van der Waals surface area contributed by atoms with Gasteiger partial charge in [-0.1, -0.05) is 17.7 Å². The second-order valence-electron chi connectivity index (χ2n) is 4.47. The molecule has 1 aromatic rings. The van der Waals surface area contributed by atoms with Crippen LogP contribution in [0.2, 0.25) is 5.15 Å². The van der Waals surface area contributed by atoms with Gasteiger partial charge in [-0.15, -0.1) is 0 Å². The Balaban J connectivity index is 2.22. The topological polar surface area (TPSA) is 62.3 Å². The molecule has 0 aliphatic carbocycles. The van der Waals surface area contributed by atoms with Gasteiger partial charge in [0, 0.05) is 13.6 Å². The molecule has 1 saturated heterocycles. The SMILES string of the molecule is CNC(=O)C1CCCCN1C(=O)c1cccc(Cl)n1. The van der Waals surface area contributed by atoms with Crippen molar-refractivity contribution in [2.75, 3.05) is 13.6 Å². The number of pyridine rings is 1. The summed E-state index contributed by atoms with van der Waals surface area (Å²) in [6, 6.07) is 4.50. The first-order valence-electron chi connectivity index (χ1n) is 6.28. The van der Waals surface area contributed by atoms with Gasteiger partial charge in [0.1, 0.15) is 16.9 Å². The minimum Gasteiger partial charge on any atom is -0.357 e. The molecule has 0 bridgehead atoms. The Morgan fingerprint density at radius 1 is 1.42 bits per heavy atom. The van der Waals surface area contributed by atoms with Crippen molar-refractivity contribution >= 4 is 23.4 Å². The van der Waals surface area contributed by atoms with Crippen molar-refractivity contribution < 1.29 is 9.59 Å². The molecule has 2 amide bonds. The second kappa shape index (κ2) is 6.02. The third kappa shape index (κ3) is 3.04. The Morgan fingerprint density at radius 3 is 2.89 bits per heavy atom. The summed E-state index contributed by atoms with van der Waals surface area (Å²) in [5.74, 6) is -0.370. The third-order valence-electron chi connectivity index (χ3n) is 3.25. The number of hydrogen-bond donors (Lipinski definition) is 1. The molecule has 0 aromatic carbocycles. The quantitative estimate of drug-likeness (QED) is 0.835. The van der Waals surface area contributed by atoms with E-state index in [1.54, 1.807) is 30.1 Å². The summed E-state index contributed by atoms with van der Waals surface area (Å²) < 4.78 is 0. The van der Waals surface area contributed by atoms with Gasteiger partial charge in [-0.25, -0.2) is 4.98 Å². The normalized spacial score (nSPS) is 19.1. The standard InChI is InChI=1S/C13H16ClN3O2/c1-15-12(18)10-6-2-3-8-17(10)13(19)9-5-4-7-11(14)16-9/h4-5,7,10H,2-3,6,8H2,1H3,(H,15,18). The summed E-state index contributed by atoms with van der Waals surface area (Å²) in [4.78, 5) is 29.8. The van der Waals surface area contributed by atoms with Crippen LogP contribution in [-0.4, -0.2) is 41.3 Å². The molecule has 19 heavy (non-hydrogen) atoms. The highest BCUT2D eigenvalue weighted by atomic mass is 35.5. The summed E-state index contributed by atoms with van der Waals surface area (Å²) in [5.41, 5.74) is 0.281. The number of rotatable bonds is 2. The summed E-state index contributed by atoms with van der Waals surface area (Å²) in [5, 5.41) is 2.88. The van der Waals surface area contributed by atoms with Gasteiger partial charge in [0.15, 0.2) is 0 Å². The number of amides is 2. The number of nitrogens with one attached hydrogen (secondary N) is 1. The molecule has 1 fully saturated rings. The first kappa shape index (κ1) is 13.8. The zero-order valence-electron chi connectivity index (χ0n) is 10.7. The van der Waals surface area contributed by atoms with Gasteiger partial charge in [0.25, 0.3) is 5.91 Å². The number of nitrogens with zero attached hydrogens (tertiary/aromatic N) is 2. The fraction of sp³-hybridized carbons (Fsp3) is 0.462. The van der Waals surface area contributed by atoms with Gasteiger partial charge in [0.05, 0.1) is 0 Å². The number of likely N-dealkylation sites (tertiary alicyclic amines) is 1. The molecule has 1 N–H and O–H groups in total. The van der Waals surface area contributed by atoms with E-state index in [4.69, 9.17) is 11.6 Å². The van der Waals surface area contributed by atoms with Crippen LogP contribution in [-0.2, 0) is 4.79 Å². The molecule has 2 heterocycles. The van der Waals surface area contributed by atoms with E-state index in [1.807, 2.05) is 0 Å². The number of aromatic nitrogens is 1. The number of likely N-dealkylation sites (N-methyl/N-ethyl adjacent to an activating group) is 1. The van der Waals surface area contributed by atoms with Crippen molar-refractivity contribution in [1.29, 1.82) is 0 Å². The minimum absolute atomic E-state index is 0.130. The molecular weight excluding hydrogens is 266 g/mol. The van der Waals surface area contributed by atoms with Crippen LogP contribution in [0.5, 0.6) is 0 Å². The Labute approximate surface area is 117 Å². The molecule has 1 unspecified atom stereocenters. The van der Waals surface area contributed by atoms with Crippen molar-refractivity contribution in [1.82, 2.24) is 15.2 Å². The van der Waals surface area contributed by atoms with Gasteiger partial charge in [-0.3, -0.25) is 9.59 Å². The maximum absolute atomic E-state index is 12.4. The van der Waals surface area contributed by atoms with Crippen LogP contribution in [0.15, 0.2) is 18.2 Å². The molecule has 0 radical (unpaired) electrons. The van der Waals surface area contributed by atoms with Gasteiger partial charge in [-0.05, 0) is 31.4 Å². The summed E-state index contributed by atoms with van der Waals surface area (Å²) in [7, 11) is 1.58. The molecule has 1 aliphatic heterocycles. The van der Waals surface area contributed by atoms with E-state index in [-0.39, 0.29) is 22.7 Å². The van der Waals surface area contributed by atoms with Gasteiger partial charge >= 0.3 is 0 Å². The fourth-order valence-electron chi connectivity index (χ4n) is 2.29. The molecule has 1 aliphatic rings. The van der Waals surface area contributed by atoms with Crippen LogP contribution < -0.4 is 5.32 Å². The molecular formula is C13H16ClN3O2. The number of piperidine rings is 1. The highest BCUT2D eigenvalue weighted by Gasteiger charge is 2.32. The molecule has 6 heteroatoms. The summed E-state index contributed by atoms with van der Waals surface area (Å²) in [6.07, 6.45) is 2.54. The van der Waals surface area contributed by atoms with E-state index in [0.717, 1.165) is 12.8 Å². The van der Waals surface area contributed by atoms with Gasteiger partial charge < -0.3 is 10.2 Å². The van der Waals surface area contributed by atoms with Crippen LogP contribution in [0.3, 0.4) is 0 Å². The predicted octanol–water partition coefficient (Wildman–Crippen LogP) is 1.48. The predicted molar refractivity (Wildman–Crippen MR) is 72.0 cm³/mol. The maximum atomic E-state index is 12.4.